The van der Waals surface area contributed by atoms with Crippen LogP contribution in [0.15, 0.2) is 103 Å². The third kappa shape index (κ3) is 6.85. The smallest absolute Gasteiger partial charge is 0.416 e. The summed E-state index contributed by atoms with van der Waals surface area (Å²) in [6.45, 7) is 0.377. The zero-order valence-corrected chi connectivity index (χ0v) is 21.7. The van der Waals surface area contributed by atoms with Gasteiger partial charge in [0.2, 0.25) is 0 Å². The lowest BCUT2D eigenvalue weighted by Crippen LogP contribution is -2.19. The predicted octanol–water partition coefficient (Wildman–Crippen LogP) is 8.28. The summed E-state index contributed by atoms with van der Waals surface area (Å²) in [7, 11) is 1.56. The number of alkyl halides is 3. The number of hydrogen-bond acceptors (Lipinski definition) is 5. The number of fused-ring (bicyclic) bond motifs is 1. The number of hydrogen-bond donors (Lipinski definition) is 2. The van der Waals surface area contributed by atoms with Crippen molar-refractivity contribution in [3.63, 3.8) is 0 Å². The van der Waals surface area contributed by atoms with Gasteiger partial charge in [0.05, 0.1) is 18.2 Å². The highest BCUT2D eigenvalue weighted by Crippen LogP contribution is 2.37. The predicted molar refractivity (Wildman–Crippen MR) is 150 cm³/mol. The van der Waals surface area contributed by atoms with Crippen LogP contribution in [-0.2, 0) is 12.8 Å². The van der Waals surface area contributed by atoms with Crippen LogP contribution < -0.4 is 24.8 Å². The van der Waals surface area contributed by atoms with Crippen molar-refractivity contribution in [3.8, 4) is 23.0 Å². The maximum absolute atomic E-state index is 12.7. The van der Waals surface area contributed by atoms with E-state index in [0.717, 1.165) is 23.1 Å². The van der Waals surface area contributed by atoms with Crippen LogP contribution in [0.2, 0.25) is 0 Å². The largest absolute Gasteiger partial charge is 0.493 e. The van der Waals surface area contributed by atoms with E-state index in [1.165, 1.54) is 12.1 Å². The number of nitrogens with one attached hydrogen (secondary N) is 2. The second-order valence-electron chi connectivity index (χ2n) is 8.88. The number of rotatable bonds is 8. The van der Waals surface area contributed by atoms with Gasteiger partial charge in [-0.05, 0) is 66.2 Å². The number of amides is 2. The van der Waals surface area contributed by atoms with E-state index in [2.05, 4.69) is 15.6 Å². The molecule has 5 aromatic rings. The molecule has 0 saturated carbocycles. The van der Waals surface area contributed by atoms with Crippen molar-refractivity contribution >= 4 is 28.3 Å². The van der Waals surface area contributed by atoms with Crippen LogP contribution in [0.5, 0.6) is 23.0 Å². The van der Waals surface area contributed by atoms with E-state index in [9.17, 15) is 18.0 Å². The molecule has 10 heteroatoms. The molecule has 0 spiro atoms. The molecule has 7 nitrogen and oxygen atoms in total. The number of anilines is 2. The average Bonchev–Trinajstić information content (AvgIpc) is 2.97. The SMILES string of the molecule is COc1cc2c(Oc3ccc(NC(=O)Nc4ccc(C(F)(F)F)cc4)cc3)ccnc2cc1OCc1ccccc1. The van der Waals surface area contributed by atoms with Gasteiger partial charge in [0.1, 0.15) is 18.1 Å². The Bertz CT molecular complexity index is 1640. The molecule has 0 fully saturated rings. The number of halogens is 3. The van der Waals surface area contributed by atoms with E-state index >= 15 is 0 Å². The summed E-state index contributed by atoms with van der Waals surface area (Å²) in [6.07, 6.45) is -2.81. The molecule has 2 amide bonds. The summed E-state index contributed by atoms with van der Waals surface area (Å²) in [5, 5.41) is 5.85. The normalized spacial score (nSPS) is 11.1. The Morgan fingerprint density at radius 3 is 2.10 bits per heavy atom. The molecule has 0 radical (unpaired) electrons. The van der Waals surface area contributed by atoms with Crippen LogP contribution in [0.25, 0.3) is 10.9 Å². The molecule has 0 aliphatic carbocycles. The number of urea groups is 1. The number of benzene rings is 4. The number of carbonyl (C=O) groups excluding carboxylic acids is 1. The maximum atomic E-state index is 12.7. The van der Waals surface area contributed by atoms with Gasteiger partial charge in [-0.1, -0.05) is 30.3 Å². The number of ether oxygens (including phenoxy) is 3. The van der Waals surface area contributed by atoms with Crippen molar-refractivity contribution in [1.82, 2.24) is 4.98 Å². The Morgan fingerprint density at radius 1 is 0.805 bits per heavy atom. The summed E-state index contributed by atoms with van der Waals surface area (Å²) in [5.41, 5.74) is 1.57. The van der Waals surface area contributed by atoms with Crippen LogP contribution in [0, 0.1) is 0 Å². The Balaban J connectivity index is 1.25. The molecule has 5 rings (SSSR count). The molecule has 208 valence electrons. The molecule has 41 heavy (non-hydrogen) atoms. The van der Waals surface area contributed by atoms with Crippen molar-refractivity contribution in [2.75, 3.05) is 17.7 Å². The van der Waals surface area contributed by atoms with Gasteiger partial charge in [-0.2, -0.15) is 13.2 Å². The topological polar surface area (TPSA) is 81.7 Å². The zero-order valence-electron chi connectivity index (χ0n) is 21.7. The van der Waals surface area contributed by atoms with E-state index in [0.29, 0.717) is 40.8 Å². The lowest BCUT2D eigenvalue weighted by Gasteiger charge is -2.14. The van der Waals surface area contributed by atoms with Crippen molar-refractivity contribution in [2.45, 2.75) is 12.8 Å². The minimum atomic E-state index is -4.45. The van der Waals surface area contributed by atoms with Crippen LogP contribution in [0.1, 0.15) is 11.1 Å². The molecule has 0 atom stereocenters. The molecule has 0 aliphatic rings. The summed E-state index contributed by atoms with van der Waals surface area (Å²) in [5.74, 6) is 2.14. The zero-order chi connectivity index (χ0) is 28.8. The van der Waals surface area contributed by atoms with E-state index in [4.69, 9.17) is 14.2 Å². The van der Waals surface area contributed by atoms with Crippen molar-refractivity contribution in [3.05, 3.63) is 114 Å². The molecule has 2 N–H and O–H groups in total. The minimum absolute atomic E-state index is 0.226. The number of aromatic nitrogens is 1. The molecule has 1 aromatic heterocycles. The molecule has 0 aliphatic heterocycles. The second-order valence-corrected chi connectivity index (χ2v) is 8.88. The second kappa shape index (κ2) is 11.9. The van der Waals surface area contributed by atoms with Gasteiger partial charge in [-0.25, -0.2) is 4.79 Å². The quantitative estimate of drug-likeness (QED) is 0.200. The molecular formula is C31H24F3N3O4. The Labute approximate surface area is 233 Å². The molecule has 0 bridgehead atoms. The molecule has 0 unspecified atom stereocenters. The fourth-order valence-electron chi connectivity index (χ4n) is 3.99. The minimum Gasteiger partial charge on any atom is -0.493 e. The third-order valence-corrected chi connectivity index (χ3v) is 6.03. The van der Waals surface area contributed by atoms with E-state index < -0.39 is 17.8 Å². The van der Waals surface area contributed by atoms with Crippen LogP contribution >= 0.6 is 0 Å². The molecule has 1 heterocycles. The molecule has 4 aromatic carbocycles. The first-order chi connectivity index (χ1) is 19.8. The third-order valence-electron chi connectivity index (χ3n) is 6.03. The number of pyridine rings is 1. The average molecular weight is 560 g/mol. The van der Waals surface area contributed by atoms with E-state index in [-0.39, 0.29) is 5.69 Å². The lowest BCUT2D eigenvalue weighted by atomic mass is 10.1. The number of nitrogens with zero attached hydrogens (tertiary/aromatic N) is 1. The number of carbonyl (C=O) groups is 1. The first kappa shape index (κ1) is 27.3. The monoisotopic (exact) mass is 559 g/mol. The fourth-order valence-corrected chi connectivity index (χ4v) is 3.99. The first-order valence-electron chi connectivity index (χ1n) is 12.4. The maximum Gasteiger partial charge on any atom is 0.416 e. The standard InChI is InChI=1S/C31H24F3N3O4/c1-39-28-17-25-26(18-29(28)40-19-20-5-3-2-4-6-20)35-16-15-27(25)41-24-13-11-23(12-14-24)37-30(38)36-22-9-7-21(8-10-22)31(32,33)34/h2-18H,19H2,1H3,(H2,36,37,38). The van der Waals surface area contributed by atoms with Crippen LogP contribution in [0.3, 0.4) is 0 Å². The Hall–Kier alpha value is -5.25. The fraction of sp³-hybridized carbons (Fsp3) is 0.0968. The Morgan fingerprint density at radius 2 is 1.46 bits per heavy atom. The highest BCUT2D eigenvalue weighted by Gasteiger charge is 2.30. The van der Waals surface area contributed by atoms with Crippen LogP contribution in [0.4, 0.5) is 29.3 Å². The summed E-state index contributed by atoms with van der Waals surface area (Å²) in [4.78, 5) is 16.7. The van der Waals surface area contributed by atoms with Gasteiger partial charge in [0.15, 0.2) is 11.5 Å². The van der Waals surface area contributed by atoms with Crippen LogP contribution in [-0.4, -0.2) is 18.1 Å². The summed E-state index contributed by atoms with van der Waals surface area (Å²) < 4.78 is 55.8. The molecular weight excluding hydrogens is 535 g/mol. The Kier molecular flexibility index (Phi) is 7.91. The van der Waals surface area contributed by atoms with Gasteiger partial charge in [0, 0.05) is 29.0 Å². The lowest BCUT2D eigenvalue weighted by molar-refractivity contribution is -0.137. The summed E-state index contributed by atoms with van der Waals surface area (Å²) >= 11 is 0. The van der Waals surface area contributed by atoms with Crippen molar-refractivity contribution in [2.24, 2.45) is 0 Å². The van der Waals surface area contributed by atoms with E-state index in [1.54, 1.807) is 55.8 Å². The highest BCUT2D eigenvalue weighted by atomic mass is 19.4. The van der Waals surface area contributed by atoms with E-state index in [1.807, 2.05) is 30.3 Å². The van der Waals surface area contributed by atoms with Gasteiger partial charge in [-0.3, -0.25) is 4.98 Å². The molecule has 0 saturated heterocycles. The summed E-state index contributed by atoms with van der Waals surface area (Å²) in [6, 6.07) is 25.3. The first-order valence-corrected chi connectivity index (χ1v) is 12.4. The van der Waals surface area contributed by atoms with Gasteiger partial charge in [0.25, 0.3) is 0 Å². The van der Waals surface area contributed by atoms with Crippen molar-refractivity contribution < 1.29 is 32.2 Å². The van der Waals surface area contributed by atoms with Crippen molar-refractivity contribution in [1.29, 1.82) is 0 Å². The van der Waals surface area contributed by atoms with Gasteiger partial charge >= 0.3 is 12.2 Å². The highest BCUT2D eigenvalue weighted by molar-refractivity contribution is 5.99. The van der Waals surface area contributed by atoms with Gasteiger partial charge < -0.3 is 24.8 Å². The van der Waals surface area contributed by atoms with Gasteiger partial charge in [-0.15, -0.1) is 0 Å². The number of methoxy groups -OCH3 is 1.